The van der Waals surface area contributed by atoms with Crippen LogP contribution in [0.2, 0.25) is 0 Å². The third-order valence-electron chi connectivity index (χ3n) is 11.4. The third-order valence-corrected chi connectivity index (χ3v) is 11.4. The van der Waals surface area contributed by atoms with Gasteiger partial charge in [-0.2, -0.15) is 0 Å². The van der Waals surface area contributed by atoms with Crippen molar-refractivity contribution in [3.63, 3.8) is 0 Å². The molecular weight excluding hydrogens is 691 g/mol. The summed E-state index contributed by atoms with van der Waals surface area (Å²) in [6.07, 6.45) is 1.97. The molecule has 0 atom stereocenters. The first-order valence-electron chi connectivity index (χ1n) is 19.5. The summed E-state index contributed by atoms with van der Waals surface area (Å²) in [6.45, 7) is 4.18. The van der Waals surface area contributed by atoms with Crippen LogP contribution in [-0.2, 0) is 5.41 Å². The number of rotatable bonds is 7. The van der Waals surface area contributed by atoms with E-state index in [2.05, 4.69) is 201 Å². The largest absolute Gasteiger partial charge is 0.261 e. The van der Waals surface area contributed by atoms with Gasteiger partial charge in [-0.3, -0.25) is 4.98 Å². The molecule has 0 aliphatic heterocycles. The van der Waals surface area contributed by atoms with Crippen LogP contribution < -0.4 is 0 Å². The van der Waals surface area contributed by atoms with Gasteiger partial charge in [0.1, 0.15) is 0 Å². The highest BCUT2D eigenvalue weighted by Gasteiger charge is 2.47. The van der Waals surface area contributed by atoms with Crippen LogP contribution in [-0.4, -0.2) is 15.0 Å². The minimum atomic E-state index is -0.575. The fourth-order valence-electron chi connectivity index (χ4n) is 8.80. The Balaban J connectivity index is 1.26. The molecular formula is C54H39N3. The molecule has 0 fully saturated rings. The van der Waals surface area contributed by atoms with Gasteiger partial charge in [0, 0.05) is 28.6 Å². The molecule has 7 aromatic carbocycles. The lowest BCUT2D eigenvalue weighted by Crippen LogP contribution is -2.28. The minimum absolute atomic E-state index is 0.575. The zero-order chi connectivity index (χ0) is 38.3. The predicted molar refractivity (Wildman–Crippen MR) is 234 cm³/mol. The molecule has 10 rings (SSSR count). The highest BCUT2D eigenvalue weighted by atomic mass is 14.9. The molecule has 9 aromatic rings. The maximum Gasteiger partial charge on any atom is 0.161 e. The average molecular weight is 730 g/mol. The van der Waals surface area contributed by atoms with Crippen LogP contribution in [0.3, 0.4) is 0 Å². The highest BCUT2D eigenvalue weighted by Crippen LogP contribution is 2.58. The second-order valence-corrected chi connectivity index (χ2v) is 14.9. The molecule has 0 amide bonds. The number of hydrogen-bond donors (Lipinski definition) is 0. The molecule has 0 bridgehead atoms. The van der Waals surface area contributed by atoms with Crippen LogP contribution in [0, 0.1) is 13.8 Å². The molecule has 2 heterocycles. The summed E-state index contributed by atoms with van der Waals surface area (Å²) in [5.41, 5.74) is 18.4. The van der Waals surface area contributed by atoms with Gasteiger partial charge in [-0.25, -0.2) is 9.97 Å². The number of pyridine rings is 1. The van der Waals surface area contributed by atoms with E-state index in [1.165, 1.54) is 38.9 Å². The van der Waals surface area contributed by atoms with E-state index in [1.807, 2.05) is 18.3 Å². The predicted octanol–water partition coefficient (Wildman–Crippen LogP) is 13.2. The summed E-state index contributed by atoms with van der Waals surface area (Å²) >= 11 is 0. The zero-order valence-corrected chi connectivity index (χ0v) is 31.9. The highest BCUT2D eigenvalue weighted by molar-refractivity contribution is 5.96. The number of fused-ring (bicyclic) bond motifs is 3. The van der Waals surface area contributed by atoms with Gasteiger partial charge in [0.25, 0.3) is 0 Å². The lowest BCUT2D eigenvalue weighted by atomic mass is 9.67. The monoisotopic (exact) mass is 729 g/mol. The topological polar surface area (TPSA) is 38.7 Å². The Bertz CT molecular complexity index is 2800. The molecule has 2 aromatic heterocycles. The number of aryl methyl sites for hydroxylation is 2. The lowest BCUT2D eigenvalue weighted by Gasteiger charge is -2.34. The Hall–Kier alpha value is -7.23. The lowest BCUT2D eigenvalue weighted by molar-refractivity contribution is 0.768. The van der Waals surface area contributed by atoms with Crippen molar-refractivity contribution in [3.8, 4) is 67.3 Å². The molecule has 0 radical (unpaired) electrons. The van der Waals surface area contributed by atoms with Crippen LogP contribution in [0.1, 0.15) is 33.5 Å². The molecule has 0 spiro atoms. The second-order valence-electron chi connectivity index (χ2n) is 14.9. The first-order chi connectivity index (χ1) is 28.1. The van der Waals surface area contributed by atoms with E-state index in [4.69, 9.17) is 9.97 Å². The summed E-state index contributed by atoms with van der Waals surface area (Å²) in [6, 6.07) is 69.7. The number of benzene rings is 7. The second kappa shape index (κ2) is 14.1. The maximum absolute atomic E-state index is 5.37. The van der Waals surface area contributed by atoms with Gasteiger partial charge in [-0.1, -0.05) is 170 Å². The molecule has 3 nitrogen and oxygen atoms in total. The number of nitrogens with zero attached hydrogens (tertiary/aromatic N) is 3. The Morgan fingerprint density at radius 2 is 0.930 bits per heavy atom. The summed E-state index contributed by atoms with van der Waals surface area (Å²) in [5.74, 6) is 0.700. The Kier molecular flexibility index (Phi) is 8.49. The summed E-state index contributed by atoms with van der Waals surface area (Å²) in [7, 11) is 0. The van der Waals surface area contributed by atoms with Crippen molar-refractivity contribution in [2.45, 2.75) is 19.3 Å². The molecule has 0 unspecified atom stereocenters. The molecule has 270 valence electrons. The summed E-state index contributed by atoms with van der Waals surface area (Å²) in [4.78, 5) is 15.3. The summed E-state index contributed by atoms with van der Waals surface area (Å²) < 4.78 is 0. The zero-order valence-electron chi connectivity index (χ0n) is 31.9. The van der Waals surface area contributed by atoms with Crippen LogP contribution in [0.15, 0.2) is 200 Å². The number of hydrogen-bond acceptors (Lipinski definition) is 3. The van der Waals surface area contributed by atoms with E-state index >= 15 is 0 Å². The van der Waals surface area contributed by atoms with E-state index in [0.717, 1.165) is 56.0 Å². The fourth-order valence-corrected chi connectivity index (χ4v) is 8.80. The summed E-state index contributed by atoms with van der Waals surface area (Å²) in [5, 5.41) is 0. The van der Waals surface area contributed by atoms with Crippen molar-refractivity contribution in [1.82, 2.24) is 15.0 Å². The van der Waals surface area contributed by atoms with Gasteiger partial charge in [0.05, 0.1) is 16.8 Å². The molecule has 3 heteroatoms. The Morgan fingerprint density at radius 1 is 0.386 bits per heavy atom. The minimum Gasteiger partial charge on any atom is -0.261 e. The molecule has 0 saturated heterocycles. The average Bonchev–Trinajstić information content (AvgIpc) is 3.59. The normalized spacial score (nSPS) is 12.5. The standard InChI is InChI=1S/C54H39N3/c1-36-35-55-37(2)31-46(36)42-22-15-21-40(32-42)41-29-30-48-47(33-41)52-45(27-16-28-49(52)54(48,43-23-11-5-12-24-43)44-25-13-6-14-26-44)53-56-50(38-17-7-3-8-18-38)34-51(57-53)39-19-9-4-10-20-39/h3-35H,1-2H3. The molecule has 57 heavy (non-hydrogen) atoms. The van der Waals surface area contributed by atoms with E-state index in [1.54, 1.807) is 0 Å². The van der Waals surface area contributed by atoms with Gasteiger partial charge in [-0.15, -0.1) is 0 Å². The van der Waals surface area contributed by atoms with E-state index in [0.29, 0.717) is 5.82 Å². The van der Waals surface area contributed by atoms with E-state index in [9.17, 15) is 0 Å². The van der Waals surface area contributed by atoms with Crippen LogP contribution in [0.25, 0.3) is 67.3 Å². The SMILES string of the molecule is Cc1cc(-c2cccc(-c3ccc4c(c3)-c3c(-c5nc(-c6ccccc6)cc(-c6ccccc6)n5)cccc3C4(c3ccccc3)c3ccccc3)c2)c(C)cn1. The quantitative estimate of drug-likeness (QED) is 0.164. The molecule has 0 saturated carbocycles. The number of aromatic nitrogens is 3. The van der Waals surface area contributed by atoms with Crippen LogP contribution >= 0.6 is 0 Å². The van der Waals surface area contributed by atoms with Gasteiger partial charge in [-0.05, 0) is 99.3 Å². The first-order valence-corrected chi connectivity index (χ1v) is 19.5. The van der Waals surface area contributed by atoms with Crippen molar-refractivity contribution >= 4 is 0 Å². The van der Waals surface area contributed by atoms with Crippen molar-refractivity contribution in [3.05, 3.63) is 234 Å². The fraction of sp³-hybridized carbons (Fsp3) is 0.0556. The third kappa shape index (κ3) is 5.87. The van der Waals surface area contributed by atoms with Crippen molar-refractivity contribution in [1.29, 1.82) is 0 Å². The van der Waals surface area contributed by atoms with Gasteiger partial charge in [0.15, 0.2) is 5.82 Å². The van der Waals surface area contributed by atoms with Crippen molar-refractivity contribution in [2.75, 3.05) is 0 Å². The van der Waals surface area contributed by atoms with Gasteiger partial charge >= 0.3 is 0 Å². The first kappa shape index (κ1) is 34.3. The molecule has 1 aliphatic rings. The van der Waals surface area contributed by atoms with Crippen molar-refractivity contribution < 1.29 is 0 Å². The van der Waals surface area contributed by atoms with Crippen LogP contribution in [0.4, 0.5) is 0 Å². The smallest absolute Gasteiger partial charge is 0.161 e. The molecule has 0 N–H and O–H groups in total. The van der Waals surface area contributed by atoms with E-state index < -0.39 is 5.41 Å². The molecule has 1 aliphatic carbocycles. The van der Waals surface area contributed by atoms with Gasteiger partial charge in [0.2, 0.25) is 0 Å². The van der Waals surface area contributed by atoms with Gasteiger partial charge < -0.3 is 0 Å². The van der Waals surface area contributed by atoms with Crippen LogP contribution in [0.5, 0.6) is 0 Å². The Labute approximate surface area is 334 Å². The van der Waals surface area contributed by atoms with E-state index in [-0.39, 0.29) is 0 Å². The van der Waals surface area contributed by atoms with Crippen molar-refractivity contribution in [2.24, 2.45) is 0 Å². The maximum atomic E-state index is 5.37. The Morgan fingerprint density at radius 3 is 1.56 bits per heavy atom.